The number of furan rings is 1. The number of carbonyl (C=O) groups is 3. The SMILES string of the molecule is Cc1ccccc1NC(=O)C(=O)N/N=C\c1ccc(OCC(=O)NCc2ccco2)cc1. The van der Waals surface area contributed by atoms with E-state index < -0.39 is 11.8 Å². The molecule has 3 aromatic rings. The molecule has 3 rings (SSSR count). The van der Waals surface area contributed by atoms with E-state index in [4.69, 9.17) is 9.15 Å². The van der Waals surface area contributed by atoms with E-state index in [9.17, 15) is 14.4 Å². The molecular formula is C23H22N4O5. The van der Waals surface area contributed by atoms with Crippen LogP contribution >= 0.6 is 0 Å². The molecule has 0 spiro atoms. The summed E-state index contributed by atoms with van der Waals surface area (Å²) >= 11 is 0. The summed E-state index contributed by atoms with van der Waals surface area (Å²) < 4.78 is 10.6. The number of para-hydroxylation sites is 1. The van der Waals surface area contributed by atoms with Crippen LogP contribution in [0.4, 0.5) is 5.69 Å². The topological polar surface area (TPSA) is 122 Å². The number of amides is 3. The van der Waals surface area contributed by atoms with Gasteiger partial charge in [0.2, 0.25) is 0 Å². The lowest BCUT2D eigenvalue weighted by atomic mass is 10.2. The van der Waals surface area contributed by atoms with Crippen molar-refractivity contribution in [2.45, 2.75) is 13.5 Å². The second-order valence-electron chi connectivity index (χ2n) is 6.68. The van der Waals surface area contributed by atoms with Crippen molar-refractivity contribution in [3.8, 4) is 5.75 Å². The Morgan fingerprint density at radius 2 is 1.78 bits per heavy atom. The van der Waals surface area contributed by atoms with E-state index in [1.807, 2.05) is 19.1 Å². The summed E-state index contributed by atoms with van der Waals surface area (Å²) in [5.74, 6) is -0.826. The zero-order valence-corrected chi connectivity index (χ0v) is 17.3. The maximum absolute atomic E-state index is 11.9. The van der Waals surface area contributed by atoms with Crippen LogP contribution in [0.3, 0.4) is 0 Å². The van der Waals surface area contributed by atoms with Crippen LogP contribution in [0.2, 0.25) is 0 Å². The fraction of sp³-hybridized carbons (Fsp3) is 0.130. The van der Waals surface area contributed by atoms with Crippen LogP contribution in [0.25, 0.3) is 0 Å². The molecule has 0 unspecified atom stereocenters. The molecule has 0 saturated carbocycles. The molecule has 0 atom stereocenters. The zero-order valence-electron chi connectivity index (χ0n) is 17.3. The number of hydrogen-bond donors (Lipinski definition) is 3. The monoisotopic (exact) mass is 434 g/mol. The van der Waals surface area contributed by atoms with E-state index in [-0.39, 0.29) is 12.5 Å². The summed E-state index contributed by atoms with van der Waals surface area (Å²) in [6.45, 7) is 1.98. The number of rotatable bonds is 8. The fourth-order valence-corrected chi connectivity index (χ4v) is 2.56. The van der Waals surface area contributed by atoms with Crippen molar-refractivity contribution < 1.29 is 23.5 Å². The molecule has 32 heavy (non-hydrogen) atoms. The molecule has 3 amide bonds. The third kappa shape index (κ3) is 6.84. The van der Waals surface area contributed by atoms with E-state index in [0.29, 0.717) is 29.3 Å². The average molecular weight is 434 g/mol. The zero-order chi connectivity index (χ0) is 22.8. The molecule has 0 bridgehead atoms. The highest BCUT2D eigenvalue weighted by Gasteiger charge is 2.13. The first-order valence-corrected chi connectivity index (χ1v) is 9.73. The fourth-order valence-electron chi connectivity index (χ4n) is 2.56. The van der Waals surface area contributed by atoms with E-state index in [0.717, 1.165) is 5.56 Å². The molecule has 1 aromatic heterocycles. The maximum Gasteiger partial charge on any atom is 0.329 e. The minimum atomic E-state index is -0.884. The molecule has 9 heteroatoms. The van der Waals surface area contributed by atoms with Crippen molar-refractivity contribution in [2.24, 2.45) is 5.10 Å². The van der Waals surface area contributed by atoms with Crippen molar-refractivity contribution in [2.75, 3.05) is 11.9 Å². The summed E-state index contributed by atoms with van der Waals surface area (Å²) in [7, 11) is 0. The largest absolute Gasteiger partial charge is 0.484 e. The minimum Gasteiger partial charge on any atom is -0.484 e. The summed E-state index contributed by atoms with van der Waals surface area (Å²) in [6.07, 6.45) is 2.92. The van der Waals surface area contributed by atoms with Gasteiger partial charge in [0, 0.05) is 5.69 Å². The molecule has 3 N–H and O–H groups in total. The van der Waals surface area contributed by atoms with Crippen molar-refractivity contribution >= 4 is 29.6 Å². The number of benzene rings is 2. The van der Waals surface area contributed by atoms with Crippen molar-refractivity contribution in [1.82, 2.24) is 10.7 Å². The van der Waals surface area contributed by atoms with Gasteiger partial charge >= 0.3 is 11.8 Å². The Hall–Kier alpha value is -4.40. The first kappa shape index (κ1) is 22.3. The van der Waals surface area contributed by atoms with Crippen molar-refractivity contribution in [3.05, 3.63) is 83.8 Å². The molecule has 0 fully saturated rings. The normalized spacial score (nSPS) is 10.5. The number of ether oxygens (including phenoxy) is 1. The van der Waals surface area contributed by atoms with Crippen LogP contribution in [0.1, 0.15) is 16.9 Å². The third-order valence-electron chi connectivity index (χ3n) is 4.27. The molecule has 0 aliphatic rings. The van der Waals surface area contributed by atoms with Crippen LogP contribution in [0.5, 0.6) is 5.75 Å². The van der Waals surface area contributed by atoms with Crippen LogP contribution in [0.15, 0.2) is 76.4 Å². The molecular weight excluding hydrogens is 412 g/mol. The molecule has 1 heterocycles. The van der Waals surface area contributed by atoms with E-state index in [1.54, 1.807) is 48.5 Å². The molecule has 164 valence electrons. The molecule has 9 nitrogen and oxygen atoms in total. The highest BCUT2D eigenvalue weighted by atomic mass is 16.5. The van der Waals surface area contributed by atoms with Gasteiger partial charge in [-0.05, 0) is 60.5 Å². The van der Waals surface area contributed by atoms with Crippen molar-refractivity contribution in [3.63, 3.8) is 0 Å². The second kappa shape index (κ2) is 11.1. The van der Waals surface area contributed by atoms with Gasteiger partial charge in [-0.25, -0.2) is 5.43 Å². The summed E-state index contributed by atoms with van der Waals surface area (Å²) in [6, 6.07) is 17.3. The smallest absolute Gasteiger partial charge is 0.329 e. The highest BCUT2D eigenvalue weighted by molar-refractivity contribution is 6.39. The van der Waals surface area contributed by atoms with Gasteiger partial charge in [-0.15, -0.1) is 0 Å². The number of anilines is 1. The van der Waals surface area contributed by atoms with Crippen LogP contribution in [-0.2, 0) is 20.9 Å². The number of nitrogens with zero attached hydrogens (tertiary/aromatic N) is 1. The summed E-state index contributed by atoms with van der Waals surface area (Å²) in [4.78, 5) is 35.6. The lowest BCUT2D eigenvalue weighted by molar-refractivity contribution is -0.136. The summed E-state index contributed by atoms with van der Waals surface area (Å²) in [5.41, 5.74) is 4.24. The summed E-state index contributed by atoms with van der Waals surface area (Å²) in [5, 5.41) is 8.99. The van der Waals surface area contributed by atoms with Gasteiger partial charge in [0.05, 0.1) is 19.0 Å². The van der Waals surface area contributed by atoms with Crippen LogP contribution in [0, 0.1) is 6.92 Å². The van der Waals surface area contributed by atoms with Crippen LogP contribution in [-0.4, -0.2) is 30.5 Å². The number of carbonyl (C=O) groups excluding carboxylic acids is 3. The molecule has 0 saturated heterocycles. The molecule has 0 radical (unpaired) electrons. The predicted molar refractivity (Wildman–Crippen MR) is 118 cm³/mol. The van der Waals surface area contributed by atoms with Crippen molar-refractivity contribution in [1.29, 1.82) is 0 Å². The Kier molecular flexibility index (Phi) is 7.74. The first-order valence-electron chi connectivity index (χ1n) is 9.73. The van der Waals surface area contributed by atoms with Gasteiger partial charge in [0.15, 0.2) is 6.61 Å². The van der Waals surface area contributed by atoms with Gasteiger partial charge in [-0.1, -0.05) is 18.2 Å². The lowest BCUT2D eigenvalue weighted by Gasteiger charge is -2.07. The Labute approximate surface area is 184 Å². The van der Waals surface area contributed by atoms with Gasteiger partial charge in [0.25, 0.3) is 5.91 Å². The Morgan fingerprint density at radius 1 is 1.00 bits per heavy atom. The number of aryl methyl sites for hydroxylation is 1. The number of hydrogen-bond acceptors (Lipinski definition) is 6. The predicted octanol–water partition coefficient (Wildman–Crippen LogP) is 2.37. The Morgan fingerprint density at radius 3 is 2.50 bits per heavy atom. The average Bonchev–Trinajstić information content (AvgIpc) is 3.32. The standard InChI is InChI=1S/C23H22N4O5/c1-16-5-2-3-7-20(16)26-22(29)23(30)27-25-13-17-8-10-18(11-9-17)32-15-21(28)24-14-19-6-4-12-31-19/h2-13H,14-15H2,1H3,(H,24,28)(H,26,29)(H,27,30)/b25-13-. The van der Waals surface area contributed by atoms with Gasteiger partial charge in [-0.2, -0.15) is 5.10 Å². The number of nitrogens with one attached hydrogen (secondary N) is 3. The minimum absolute atomic E-state index is 0.139. The molecule has 0 aliphatic heterocycles. The highest BCUT2D eigenvalue weighted by Crippen LogP contribution is 2.13. The second-order valence-corrected chi connectivity index (χ2v) is 6.68. The molecule has 2 aromatic carbocycles. The van der Waals surface area contributed by atoms with E-state index in [2.05, 4.69) is 21.2 Å². The molecule has 0 aliphatic carbocycles. The van der Waals surface area contributed by atoms with E-state index >= 15 is 0 Å². The Balaban J connectivity index is 1.40. The Bertz CT molecular complexity index is 1090. The van der Waals surface area contributed by atoms with E-state index in [1.165, 1.54) is 12.5 Å². The van der Waals surface area contributed by atoms with Gasteiger partial charge in [-0.3, -0.25) is 14.4 Å². The van der Waals surface area contributed by atoms with Crippen LogP contribution < -0.4 is 20.8 Å². The third-order valence-corrected chi connectivity index (χ3v) is 4.27. The lowest BCUT2D eigenvalue weighted by Crippen LogP contribution is -2.32. The van der Waals surface area contributed by atoms with Gasteiger partial charge in [0.1, 0.15) is 11.5 Å². The first-order chi connectivity index (χ1) is 15.5. The van der Waals surface area contributed by atoms with Gasteiger partial charge < -0.3 is 19.8 Å². The number of hydrazone groups is 1. The maximum atomic E-state index is 11.9. The quantitative estimate of drug-likeness (QED) is 0.285.